The Kier molecular flexibility index (Phi) is 7.31. The minimum Gasteiger partial charge on any atom is -0.455 e. The van der Waals surface area contributed by atoms with Crippen LogP contribution in [0.25, 0.3) is 87.6 Å². The Bertz CT molecular complexity index is 3480. The van der Waals surface area contributed by atoms with E-state index in [-0.39, 0.29) is 5.41 Å². The Balaban J connectivity index is 1.06. The Morgan fingerprint density at radius 1 is 0.356 bits per heavy atom. The van der Waals surface area contributed by atoms with Gasteiger partial charge in [0.1, 0.15) is 11.2 Å². The summed E-state index contributed by atoms with van der Waals surface area (Å²) in [7, 11) is 0. The zero-order valence-corrected chi connectivity index (χ0v) is 32.9. The van der Waals surface area contributed by atoms with E-state index in [2.05, 4.69) is 219 Å². The van der Waals surface area contributed by atoms with Crippen LogP contribution in [0.5, 0.6) is 0 Å². The minimum atomic E-state index is -0.141. The van der Waals surface area contributed by atoms with Crippen LogP contribution in [0.1, 0.15) is 25.0 Å². The molecule has 0 N–H and O–H groups in total. The number of fused-ring (bicyclic) bond motifs is 11. The predicted molar refractivity (Wildman–Crippen MR) is 249 cm³/mol. The zero-order chi connectivity index (χ0) is 39.2. The average Bonchev–Trinajstić information content (AvgIpc) is 3.79. The van der Waals surface area contributed by atoms with Gasteiger partial charge in [-0.3, -0.25) is 0 Å². The van der Waals surface area contributed by atoms with Gasteiger partial charge < -0.3 is 9.32 Å². The molecule has 59 heavy (non-hydrogen) atoms. The van der Waals surface area contributed by atoms with Gasteiger partial charge in [-0.2, -0.15) is 0 Å². The van der Waals surface area contributed by atoms with E-state index in [1.807, 2.05) is 0 Å². The van der Waals surface area contributed by atoms with Crippen LogP contribution in [0.4, 0.5) is 17.1 Å². The van der Waals surface area contributed by atoms with Crippen molar-refractivity contribution in [2.75, 3.05) is 4.90 Å². The summed E-state index contributed by atoms with van der Waals surface area (Å²) in [5.74, 6) is 0. The van der Waals surface area contributed by atoms with E-state index in [1.165, 1.54) is 60.3 Å². The van der Waals surface area contributed by atoms with Crippen molar-refractivity contribution in [2.45, 2.75) is 19.3 Å². The first kappa shape index (κ1) is 33.7. The number of anilines is 3. The highest BCUT2D eigenvalue weighted by Gasteiger charge is 2.36. The molecule has 0 fully saturated rings. The molecule has 0 amide bonds. The van der Waals surface area contributed by atoms with E-state index in [0.29, 0.717) is 0 Å². The van der Waals surface area contributed by atoms with Crippen molar-refractivity contribution in [1.82, 2.24) is 0 Å². The van der Waals surface area contributed by atoms with E-state index in [1.54, 1.807) is 0 Å². The molecule has 0 aliphatic heterocycles. The second-order valence-electron chi connectivity index (χ2n) is 16.4. The lowest BCUT2D eigenvalue weighted by Gasteiger charge is -2.30. The Hall–Kier alpha value is -7.42. The van der Waals surface area contributed by atoms with E-state index >= 15 is 0 Å². The molecule has 0 bridgehead atoms. The van der Waals surface area contributed by atoms with Gasteiger partial charge in [-0.25, -0.2) is 0 Å². The maximum absolute atomic E-state index is 6.93. The summed E-state index contributed by atoms with van der Waals surface area (Å²) in [6.07, 6.45) is 0. The largest absolute Gasteiger partial charge is 0.455 e. The summed E-state index contributed by atoms with van der Waals surface area (Å²) in [4.78, 5) is 2.44. The van der Waals surface area contributed by atoms with E-state index < -0.39 is 0 Å². The molecule has 1 aromatic heterocycles. The molecular weight excluding hydrogens is 715 g/mol. The van der Waals surface area contributed by atoms with Gasteiger partial charge in [0.15, 0.2) is 0 Å². The van der Waals surface area contributed by atoms with Crippen molar-refractivity contribution in [3.05, 3.63) is 211 Å². The van der Waals surface area contributed by atoms with Crippen LogP contribution in [-0.2, 0) is 5.41 Å². The van der Waals surface area contributed by atoms with Crippen LogP contribution in [0.3, 0.4) is 0 Å². The van der Waals surface area contributed by atoms with Crippen molar-refractivity contribution < 1.29 is 4.42 Å². The molecule has 0 atom stereocenters. The van der Waals surface area contributed by atoms with Gasteiger partial charge in [-0.15, -0.1) is 0 Å². The molecule has 0 saturated carbocycles. The summed E-state index contributed by atoms with van der Waals surface area (Å²) in [6, 6.07) is 73.2. The van der Waals surface area contributed by atoms with Crippen molar-refractivity contribution in [3.8, 4) is 33.4 Å². The highest BCUT2D eigenvalue weighted by Crippen LogP contribution is 2.52. The fourth-order valence-electron chi connectivity index (χ4n) is 9.98. The number of hydrogen-bond donors (Lipinski definition) is 0. The number of nitrogens with zero attached hydrogens (tertiary/aromatic N) is 1. The molecule has 1 heterocycles. The normalized spacial score (nSPS) is 13.1. The van der Waals surface area contributed by atoms with Gasteiger partial charge in [-0.05, 0) is 96.7 Å². The lowest BCUT2D eigenvalue weighted by molar-refractivity contribution is 0.660. The molecule has 1 aliphatic rings. The van der Waals surface area contributed by atoms with Crippen molar-refractivity contribution >= 4 is 71.3 Å². The SMILES string of the molecule is CC1(C)c2ccccc2-c2ccc(N(c3ccc(-c4cccc5c4ccc4ccccc45)cc3)c3ccccc3-c3cccc4c3oc3c5ccccc5ccc43)cc21. The molecule has 11 aromatic rings. The molecule has 0 unspecified atom stereocenters. The molecule has 2 heteroatoms. The van der Waals surface area contributed by atoms with Crippen LogP contribution in [0.2, 0.25) is 0 Å². The molecular formula is C57H39NO. The second-order valence-corrected chi connectivity index (χ2v) is 16.4. The maximum atomic E-state index is 6.93. The first-order chi connectivity index (χ1) is 29.0. The number of furan rings is 1. The summed E-state index contributed by atoms with van der Waals surface area (Å²) in [6.45, 7) is 4.71. The maximum Gasteiger partial charge on any atom is 0.143 e. The lowest BCUT2D eigenvalue weighted by Crippen LogP contribution is -2.16. The summed E-state index contributed by atoms with van der Waals surface area (Å²) in [5.41, 5.74) is 14.9. The summed E-state index contributed by atoms with van der Waals surface area (Å²) in [5, 5.41) is 9.62. The standard InChI is InChI=1S/C57H39NO/c1-57(2)52-23-9-7-17-46(52)47-34-31-40(35-53(47)57)58(39-29-25-38(26-30-39)42-19-11-20-44-41-15-5-3-13-36(41)27-32-45(42)44)54-24-10-8-18-48(54)49-21-12-22-50-51-33-28-37-14-4-6-16-43(37)55(51)59-56(49)50/h3-35H,1-2H3. The first-order valence-corrected chi connectivity index (χ1v) is 20.5. The van der Waals surface area contributed by atoms with Crippen LogP contribution in [0.15, 0.2) is 205 Å². The number of benzene rings is 10. The van der Waals surface area contributed by atoms with Gasteiger partial charge in [0.25, 0.3) is 0 Å². The van der Waals surface area contributed by atoms with Crippen molar-refractivity contribution in [1.29, 1.82) is 0 Å². The molecule has 0 saturated heterocycles. The third-order valence-electron chi connectivity index (χ3n) is 12.9. The molecule has 12 rings (SSSR count). The number of rotatable bonds is 5. The fourth-order valence-corrected chi connectivity index (χ4v) is 9.98. The van der Waals surface area contributed by atoms with Gasteiger partial charge in [0.2, 0.25) is 0 Å². The number of hydrogen-bond acceptors (Lipinski definition) is 2. The Morgan fingerprint density at radius 3 is 1.76 bits per heavy atom. The molecule has 2 nitrogen and oxygen atoms in total. The highest BCUT2D eigenvalue weighted by molar-refractivity contribution is 6.18. The van der Waals surface area contributed by atoms with Crippen LogP contribution in [-0.4, -0.2) is 0 Å². The molecule has 1 aliphatic carbocycles. The smallest absolute Gasteiger partial charge is 0.143 e. The van der Waals surface area contributed by atoms with Crippen LogP contribution in [0, 0.1) is 0 Å². The fraction of sp³-hybridized carbons (Fsp3) is 0.0526. The van der Waals surface area contributed by atoms with E-state index in [0.717, 1.165) is 55.5 Å². The van der Waals surface area contributed by atoms with Gasteiger partial charge in [0, 0.05) is 44.1 Å². The second kappa shape index (κ2) is 12.8. The molecule has 10 aromatic carbocycles. The predicted octanol–water partition coefficient (Wildman–Crippen LogP) is 16.2. The van der Waals surface area contributed by atoms with E-state index in [4.69, 9.17) is 4.42 Å². The molecule has 278 valence electrons. The quantitative estimate of drug-likeness (QED) is 0.163. The number of para-hydroxylation sites is 2. The Morgan fingerprint density at radius 2 is 0.932 bits per heavy atom. The van der Waals surface area contributed by atoms with Gasteiger partial charge in [-0.1, -0.05) is 178 Å². The molecule has 0 spiro atoms. The summed E-state index contributed by atoms with van der Waals surface area (Å²) >= 11 is 0. The van der Waals surface area contributed by atoms with E-state index in [9.17, 15) is 0 Å². The van der Waals surface area contributed by atoms with Crippen molar-refractivity contribution in [3.63, 3.8) is 0 Å². The molecule has 0 radical (unpaired) electrons. The monoisotopic (exact) mass is 753 g/mol. The topological polar surface area (TPSA) is 16.4 Å². The van der Waals surface area contributed by atoms with Crippen LogP contribution < -0.4 is 4.90 Å². The average molecular weight is 754 g/mol. The van der Waals surface area contributed by atoms with Crippen LogP contribution >= 0.6 is 0 Å². The van der Waals surface area contributed by atoms with Gasteiger partial charge in [0.05, 0.1) is 5.69 Å². The summed E-state index contributed by atoms with van der Waals surface area (Å²) < 4.78 is 6.93. The minimum absolute atomic E-state index is 0.141. The third-order valence-corrected chi connectivity index (χ3v) is 12.9. The lowest BCUT2D eigenvalue weighted by atomic mass is 9.82. The van der Waals surface area contributed by atoms with Gasteiger partial charge >= 0.3 is 0 Å². The van der Waals surface area contributed by atoms with Crippen molar-refractivity contribution in [2.24, 2.45) is 0 Å². The third kappa shape index (κ3) is 5.06. The highest BCUT2D eigenvalue weighted by atomic mass is 16.3. The Labute approximate surface area is 343 Å². The first-order valence-electron chi connectivity index (χ1n) is 20.5. The zero-order valence-electron chi connectivity index (χ0n) is 32.9.